The molecule has 1 heterocycles. The van der Waals surface area contributed by atoms with Crippen LogP contribution < -0.4 is 0 Å². The Bertz CT molecular complexity index is 681. The highest BCUT2D eigenvalue weighted by Crippen LogP contribution is 2.43. The second kappa shape index (κ2) is 16.5. The minimum absolute atomic E-state index is 0.547. The van der Waals surface area contributed by atoms with E-state index in [0.29, 0.717) is 18.4 Å². The standard InChI is InChI=1S/C35H58F2O/c1-2-7-30-18-25-34(38-26-30)33-23-16-29(17-24-33)9-4-3-8-27-12-19-31(20-13-27)32-21-14-28(15-22-32)10-5-6-11-35(36)37/h2,7,11,27-34H,3-6,8-10,12-26H2,1H3/b7-2+. The summed E-state index contributed by atoms with van der Waals surface area (Å²) in [5.74, 6) is 6.21. The Hall–Kier alpha value is -0.700. The van der Waals surface area contributed by atoms with Crippen molar-refractivity contribution in [3.63, 3.8) is 0 Å². The smallest absolute Gasteiger partial charge is 0.266 e. The quantitative estimate of drug-likeness (QED) is 0.179. The molecule has 3 saturated carbocycles. The molecule has 0 N–H and O–H groups in total. The summed E-state index contributed by atoms with van der Waals surface area (Å²) in [5, 5.41) is 0. The molecule has 0 aromatic heterocycles. The predicted molar refractivity (Wildman–Crippen MR) is 156 cm³/mol. The van der Waals surface area contributed by atoms with E-state index < -0.39 is 6.08 Å². The van der Waals surface area contributed by atoms with Gasteiger partial charge in [0.25, 0.3) is 6.08 Å². The number of allylic oxidation sites excluding steroid dienone is 2. The SMILES string of the molecule is C/C=C/C1CCC(C2CCC(CCCCC3CCC(C4CCC(CCCC=C(F)F)CC4)CC3)CC2)OC1. The van der Waals surface area contributed by atoms with Crippen LogP contribution in [0.25, 0.3) is 0 Å². The van der Waals surface area contributed by atoms with E-state index in [1.807, 2.05) is 0 Å². The van der Waals surface area contributed by atoms with E-state index in [9.17, 15) is 8.78 Å². The fourth-order valence-electron chi connectivity index (χ4n) is 8.82. The van der Waals surface area contributed by atoms with Crippen molar-refractivity contribution in [1.29, 1.82) is 0 Å². The third-order valence-corrected chi connectivity index (χ3v) is 11.3. The highest BCUT2D eigenvalue weighted by atomic mass is 19.3. The average Bonchev–Trinajstić information content (AvgIpc) is 2.95. The lowest BCUT2D eigenvalue weighted by Crippen LogP contribution is -2.33. The van der Waals surface area contributed by atoms with Crippen molar-refractivity contribution in [2.75, 3.05) is 6.61 Å². The van der Waals surface area contributed by atoms with Crippen molar-refractivity contribution in [3.8, 4) is 0 Å². The molecule has 0 aromatic carbocycles. The second-order valence-electron chi connectivity index (χ2n) is 13.8. The van der Waals surface area contributed by atoms with Gasteiger partial charge in [-0.1, -0.05) is 82.8 Å². The fraction of sp³-hybridized carbons (Fsp3) is 0.886. The molecule has 0 aromatic rings. The minimum Gasteiger partial charge on any atom is -0.377 e. The maximum Gasteiger partial charge on any atom is 0.266 e. The Morgan fingerprint density at radius 3 is 1.58 bits per heavy atom. The van der Waals surface area contributed by atoms with Crippen LogP contribution in [0.3, 0.4) is 0 Å². The Morgan fingerprint density at radius 1 is 0.632 bits per heavy atom. The summed E-state index contributed by atoms with van der Waals surface area (Å²) in [6.45, 7) is 3.07. The molecule has 2 unspecified atom stereocenters. The number of halogens is 2. The Labute approximate surface area is 233 Å². The van der Waals surface area contributed by atoms with E-state index in [1.165, 1.54) is 116 Å². The molecule has 38 heavy (non-hydrogen) atoms. The Balaban J connectivity index is 0.998. The van der Waals surface area contributed by atoms with E-state index in [0.717, 1.165) is 61.0 Å². The maximum atomic E-state index is 12.2. The molecular weight excluding hydrogens is 474 g/mol. The molecule has 2 atom stereocenters. The lowest BCUT2D eigenvalue weighted by Gasteiger charge is -2.38. The Morgan fingerprint density at radius 2 is 1.13 bits per heavy atom. The second-order valence-corrected chi connectivity index (χ2v) is 13.8. The normalized spacial score (nSPS) is 36.8. The summed E-state index contributed by atoms with van der Waals surface area (Å²) in [6.07, 6.45) is 32.9. The van der Waals surface area contributed by atoms with E-state index >= 15 is 0 Å². The number of hydrogen-bond donors (Lipinski definition) is 0. The number of unbranched alkanes of at least 4 members (excludes halogenated alkanes) is 2. The van der Waals surface area contributed by atoms with Gasteiger partial charge < -0.3 is 4.74 Å². The first-order chi connectivity index (χ1) is 18.6. The summed E-state index contributed by atoms with van der Waals surface area (Å²) in [4.78, 5) is 0. The van der Waals surface area contributed by atoms with Crippen LogP contribution in [0.2, 0.25) is 0 Å². The van der Waals surface area contributed by atoms with Gasteiger partial charge in [0.05, 0.1) is 12.7 Å². The molecule has 218 valence electrons. The summed E-state index contributed by atoms with van der Waals surface area (Å²) in [6, 6.07) is 0. The van der Waals surface area contributed by atoms with Crippen LogP contribution in [0.1, 0.15) is 142 Å². The van der Waals surface area contributed by atoms with Crippen LogP contribution in [-0.2, 0) is 4.74 Å². The molecule has 0 radical (unpaired) electrons. The molecule has 3 heteroatoms. The molecule has 4 aliphatic rings. The molecule has 3 aliphatic carbocycles. The highest BCUT2D eigenvalue weighted by Gasteiger charge is 2.32. The topological polar surface area (TPSA) is 9.23 Å². The highest BCUT2D eigenvalue weighted by molar-refractivity contribution is 4.90. The lowest BCUT2D eigenvalue weighted by atomic mass is 9.68. The van der Waals surface area contributed by atoms with Gasteiger partial charge in [0.1, 0.15) is 0 Å². The van der Waals surface area contributed by atoms with Crippen LogP contribution in [0.15, 0.2) is 24.3 Å². The van der Waals surface area contributed by atoms with Gasteiger partial charge in [-0.25, -0.2) is 0 Å². The van der Waals surface area contributed by atoms with Crippen LogP contribution in [0, 0.1) is 41.4 Å². The monoisotopic (exact) mass is 532 g/mol. The number of rotatable bonds is 12. The number of ether oxygens (including phenoxy) is 1. The maximum absolute atomic E-state index is 12.2. The molecule has 1 saturated heterocycles. The van der Waals surface area contributed by atoms with Crippen LogP contribution in [0.4, 0.5) is 8.78 Å². The van der Waals surface area contributed by atoms with Gasteiger partial charge in [0, 0.05) is 5.92 Å². The molecule has 0 spiro atoms. The van der Waals surface area contributed by atoms with E-state index in [-0.39, 0.29) is 0 Å². The summed E-state index contributed by atoms with van der Waals surface area (Å²) in [7, 11) is 0. The molecule has 0 amide bonds. The first-order valence-corrected chi connectivity index (χ1v) is 16.9. The molecule has 1 nitrogen and oxygen atoms in total. The first-order valence-electron chi connectivity index (χ1n) is 16.9. The van der Waals surface area contributed by atoms with E-state index in [4.69, 9.17) is 4.74 Å². The molecule has 1 aliphatic heterocycles. The van der Waals surface area contributed by atoms with Crippen molar-refractivity contribution in [2.45, 2.75) is 148 Å². The first kappa shape index (κ1) is 30.3. The van der Waals surface area contributed by atoms with Crippen molar-refractivity contribution in [3.05, 3.63) is 24.3 Å². The number of hydrogen-bond acceptors (Lipinski definition) is 1. The Kier molecular flexibility index (Phi) is 13.2. The van der Waals surface area contributed by atoms with Gasteiger partial charge in [-0.3, -0.25) is 0 Å². The fourth-order valence-corrected chi connectivity index (χ4v) is 8.82. The molecular formula is C35H58F2O. The lowest BCUT2D eigenvalue weighted by molar-refractivity contribution is -0.0494. The average molecular weight is 533 g/mol. The van der Waals surface area contributed by atoms with Crippen molar-refractivity contribution >= 4 is 0 Å². The summed E-state index contributed by atoms with van der Waals surface area (Å²) < 4.78 is 30.7. The largest absolute Gasteiger partial charge is 0.377 e. The third kappa shape index (κ3) is 10.0. The van der Waals surface area contributed by atoms with Crippen molar-refractivity contribution in [1.82, 2.24) is 0 Å². The van der Waals surface area contributed by atoms with Crippen molar-refractivity contribution in [2.24, 2.45) is 41.4 Å². The van der Waals surface area contributed by atoms with Gasteiger partial charge in [-0.2, -0.15) is 8.78 Å². The van der Waals surface area contributed by atoms with E-state index in [1.54, 1.807) is 0 Å². The van der Waals surface area contributed by atoms with E-state index in [2.05, 4.69) is 19.1 Å². The van der Waals surface area contributed by atoms with Gasteiger partial charge in [0.2, 0.25) is 0 Å². The molecule has 4 fully saturated rings. The summed E-state index contributed by atoms with van der Waals surface area (Å²) >= 11 is 0. The van der Waals surface area contributed by atoms with Gasteiger partial charge >= 0.3 is 0 Å². The van der Waals surface area contributed by atoms with Crippen LogP contribution in [0.5, 0.6) is 0 Å². The molecule has 0 bridgehead atoms. The zero-order chi connectivity index (χ0) is 26.6. The minimum atomic E-state index is -1.51. The zero-order valence-corrected chi connectivity index (χ0v) is 24.6. The van der Waals surface area contributed by atoms with Crippen LogP contribution >= 0.6 is 0 Å². The van der Waals surface area contributed by atoms with Gasteiger partial charge in [0.15, 0.2) is 0 Å². The molecule has 4 rings (SSSR count). The summed E-state index contributed by atoms with van der Waals surface area (Å²) in [5.41, 5.74) is 0. The van der Waals surface area contributed by atoms with Crippen LogP contribution in [-0.4, -0.2) is 12.7 Å². The van der Waals surface area contributed by atoms with Gasteiger partial charge in [-0.15, -0.1) is 0 Å². The zero-order valence-electron chi connectivity index (χ0n) is 24.6. The predicted octanol–water partition coefficient (Wildman–Crippen LogP) is 11.3. The van der Waals surface area contributed by atoms with Gasteiger partial charge in [-0.05, 0) is 113 Å². The third-order valence-electron chi connectivity index (χ3n) is 11.3. The van der Waals surface area contributed by atoms with Crippen molar-refractivity contribution < 1.29 is 13.5 Å².